The van der Waals surface area contributed by atoms with Crippen molar-refractivity contribution in [2.75, 3.05) is 0 Å². The van der Waals surface area contributed by atoms with Crippen molar-refractivity contribution in [3.8, 4) is 23.0 Å². The zero-order valence-corrected chi connectivity index (χ0v) is 27.7. The van der Waals surface area contributed by atoms with Crippen molar-refractivity contribution in [1.29, 1.82) is 0 Å². The van der Waals surface area contributed by atoms with Gasteiger partial charge >= 0.3 is 36.8 Å². The quantitative estimate of drug-likeness (QED) is 0.213. The molecule has 0 spiro atoms. The van der Waals surface area contributed by atoms with Crippen LogP contribution in [0.2, 0.25) is 0 Å². The Kier molecular flexibility index (Phi) is 8.80. The lowest BCUT2D eigenvalue weighted by Crippen LogP contribution is -2.63. The monoisotopic (exact) mass is 790 g/mol. The first kappa shape index (κ1) is 38.2. The van der Waals surface area contributed by atoms with Crippen molar-refractivity contribution in [2.24, 2.45) is 5.41 Å². The second-order valence-corrected chi connectivity index (χ2v) is 14.0. The highest BCUT2D eigenvalue weighted by atomic mass is 19.4. The molecule has 4 nitrogen and oxygen atoms in total. The number of alkyl halides is 14. The number of hydrogen-bond acceptors (Lipinski definition) is 4. The lowest BCUT2D eigenvalue weighted by Gasteiger charge is -2.33. The third-order valence-corrected chi connectivity index (χ3v) is 10.5. The summed E-state index contributed by atoms with van der Waals surface area (Å²) in [6.07, 6.45) is -20.1. The normalized spacial score (nSPS) is 20.6. The van der Waals surface area contributed by atoms with Crippen molar-refractivity contribution < 1.29 is 80.4 Å². The molecule has 0 aromatic heterocycles. The van der Waals surface area contributed by atoms with Gasteiger partial charge in [0.15, 0.2) is 28.4 Å². The lowest BCUT2D eigenvalue weighted by atomic mass is 9.83. The third kappa shape index (κ3) is 6.43. The van der Waals surface area contributed by atoms with Crippen LogP contribution in [0.4, 0.5) is 61.5 Å². The Balaban J connectivity index is 0.000000127. The van der Waals surface area contributed by atoms with Crippen LogP contribution in [0.5, 0.6) is 23.0 Å². The Hall–Kier alpha value is -4.12. The summed E-state index contributed by atoms with van der Waals surface area (Å²) in [6, 6.07) is 8.85. The molecule has 6 aliphatic rings. The molecule has 3 aromatic rings. The molecular weight excluding hydrogens is 762 g/mol. The van der Waals surface area contributed by atoms with Gasteiger partial charge in [-0.25, -0.2) is 0 Å². The van der Waals surface area contributed by atoms with Gasteiger partial charge in [0, 0.05) is 0 Å². The summed E-state index contributed by atoms with van der Waals surface area (Å²) in [5.41, 5.74) is 2.22. The van der Waals surface area contributed by atoms with Crippen LogP contribution in [0.15, 0.2) is 36.4 Å². The summed E-state index contributed by atoms with van der Waals surface area (Å²) in [6.45, 7) is 0. The molecule has 18 heteroatoms. The van der Waals surface area contributed by atoms with Crippen molar-refractivity contribution in [2.45, 2.75) is 107 Å². The zero-order valence-electron chi connectivity index (χ0n) is 27.7. The largest absolute Gasteiger partial charge is 0.586 e. The molecule has 2 aliphatic heterocycles. The molecule has 9 rings (SSSR count). The Labute approximate surface area is 297 Å². The number of halogens is 14. The molecule has 294 valence electrons. The lowest BCUT2D eigenvalue weighted by molar-refractivity contribution is -0.412. The van der Waals surface area contributed by atoms with E-state index in [2.05, 4.69) is 18.9 Å². The predicted molar refractivity (Wildman–Crippen MR) is 160 cm³/mol. The molecule has 0 atom stereocenters. The number of benzene rings is 3. The molecule has 0 bridgehead atoms. The molecule has 0 fully saturated rings. The van der Waals surface area contributed by atoms with Crippen LogP contribution in [-0.2, 0) is 51.4 Å². The summed E-state index contributed by atoms with van der Waals surface area (Å²) in [5, 5.41) is 0. The first-order valence-corrected chi connectivity index (χ1v) is 16.8. The third-order valence-electron chi connectivity index (χ3n) is 10.5. The molecule has 54 heavy (non-hydrogen) atoms. The molecule has 0 radical (unpaired) electrons. The van der Waals surface area contributed by atoms with Crippen LogP contribution in [-0.4, -0.2) is 36.8 Å². The number of aryl methyl sites for hydroxylation is 6. The fourth-order valence-electron chi connectivity index (χ4n) is 7.81. The molecule has 0 N–H and O–H groups in total. The standard InChI is InChI=1S/C14H12F6.C12H8F6O2.C10H8F2O2/c15-13(16,17)12(14(18,19)20)6-10-4-8-2-1-3-9(8)5-11(10)7-12;13-11(14,15)10(12(16,17)18)19-8-4-6-2-1-3-7(6)5-9(8)20-10;11-10(12)13-8-4-6-2-1-3-7(6)5-9(8)14-10/h4-5H,1-3,6-7H2;4-5H,1-3H2;4-5H,1-3H2. The predicted octanol–water partition coefficient (Wildman–Crippen LogP) is 10.6. The highest BCUT2D eigenvalue weighted by Crippen LogP contribution is 2.58. The average molecular weight is 791 g/mol. The van der Waals surface area contributed by atoms with E-state index in [9.17, 15) is 61.5 Å². The number of hydrogen-bond donors (Lipinski definition) is 0. The fraction of sp³-hybridized carbons (Fsp3) is 0.500. The van der Waals surface area contributed by atoms with E-state index in [1.807, 2.05) is 0 Å². The van der Waals surface area contributed by atoms with E-state index < -0.39 is 66.5 Å². The van der Waals surface area contributed by atoms with Crippen molar-refractivity contribution >= 4 is 0 Å². The van der Waals surface area contributed by atoms with Crippen LogP contribution < -0.4 is 18.9 Å². The van der Waals surface area contributed by atoms with Gasteiger partial charge in [-0.15, -0.1) is 8.78 Å². The Morgan fingerprint density at radius 1 is 0.370 bits per heavy atom. The summed E-state index contributed by atoms with van der Waals surface area (Å²) in [7, 11) is 0. The second kappa shape index (κ2) is 12.4. The average Bonchev–Trinajstić information content (AvgIpc) is 3.86. The van der Waals surface area contributed by atoms with Gasteiger partial charge in [-0.05, 0) is 139 Å². The number of ether oxygens (including phenoxy) is 4. The van der Waals surface area contributed by atoms with Crippen LogP contribution >= 0.6 is 0 Å². The first-order chi connectivity index (χ1) is 24.9. The highest BCUT2D eigenvalue weighted by molar-refractivity contribution is 5.52. The van der Waals surface area contributed by atoms with Crippen LogP contribution in [0.25, 0.3) is 0 Å². The minimum absolute atomic E-state index is 0.163. The van der Waals surface area contributed by atoms with E-state index in [0.29, 0.717) is 24.0 Å². The van der Waals surface area contributed by atoms with Gasteiger partial charge in [0.1, 0.15) is 0 Å². The topological polar surface area (TPSA) is 36.9 Å². The number of rotatable bonds is 0. The van der Waals surface area contributed by atoms with Gasteiger partial charge in [-0.3, -0.25) is 0 Å². The van der Waals surface area contributed by atoms with Crippen LogP contribution in [0, 0.1) is 5.41 Å². The molecular formula is C36H28F14O4. The summed E-state index contributed by atoms with van der Waals surface area (Å²) >= 11 is 0. The maximum absolute atomic E-state index is 13.1. The van der Waals surface area contributed by atoms with Crippen LogP contribution in [0.1, 0.15) is 63.8 Å². The maximum Gasteiger partial charge on any atom is 0.586 e. The Morgan fingerprint density at radius 3 is 0.926 bits per heavy atom. The second-order valence-electron chi connectivity index (χ2n) is 14.0. The Morgan fingerprint density at radius 2 is 0.648 bits per heavy atom. The van der Waals surface area contributed by atoms with Gasteiger partial charge in [0.2, 0.25) is 0 Å². The van der Waals surface area contributed by atoms with E-state index in [-0.39, 0.29) is 22.6 Å². The van der Waals surface area contributed by atoms with Crippen LogP contribution in [0.3, 0.4) is 0 Å². The van der Waals surface area contributed by atoms with Crippen molar-refractivity contribution in [3.05, 3.63) is 80.9 Å². The van der Waals surface area contributed by atoms with E-state index >= 15 is 0 Å². The minimum atomic E-state index is -5.73. The fourth-order valence-corrected chi connectivity index (χ4v) is 7.81. The molecule has 0 unspecified atom stereocenters. The van der Waals surface area contributed by atoms with E-state index in [0.717, 1.165) is 67.2 Å². The minimum Gasteiger partial charge on any atom is -0.434 e. The van der Waals surface area contributed by atoms with Crippen molar-refractivity contribution in [3.63, 3.8) is 0 Å². The highest BCUT2D eigenvalue weighted by Gasteiger charge is 2.79. The van der Waals surface area contributed by atoms with Gasteiger partial charge in [0.05, 0.1) is 0 Å². The molecule has 2 heterocycles. The SMILES string of the molecule is FC(F)(F)C1(C(F)(F)F)Cc2cc3c(cc2C1)CCC3.FC(F)(F)C1(C(F)(F)F)Oc2cc3c(cc2O1)CCC3.FC1(F)Oc2cc3c(cc2O1)CCC3. The van der Waals surface area contributed by atoms with Gasteiger partial charge < -0.3 is 18.9 Å². The van der Waals surface area contributed by atoms with Gasteiger partial charge in [0.25, 0.3) is 0 Å². The summed E-state index contributed by atoms with van der Waals surface area (Å²) in [4.78, 5) is 0. The van der Waals surface area contributed by atoms with E-state index in [1.54, 1.807) is 24.3 Å². The van der Waals surface area contributed by atoms with Gasteiger partial charge in [-0.2, -0.15) is 52.7 Å². The maximum atomic E-state index is 13.1. The van der Waals surface area contributed by atoms with E-state index in [4.69, 9.17) is 0 Å². The summed E-state index contributed by atoms with van der Waals surface area (Å²) in [5.74, 6) is -5.32. The number of fused-ring (bicyclic) bond motifs is 6. The Bertz CT molecular complexity index is 1720. The first-order valence-electron chi connectivity index (χ1n) is 16.8. The van der Waals surface area contributed by atoms with Gasteiger partial charge in [-0.1, -0.05) is 12.1 Å². The molecule has 3 aromatic carbocycles. The molecule has 0 saturated carbocycles. The smallest absolute Gasteiger partial charge is 0.434 e. The zero-order chi connectivity index (χ0) is 39.3. The van der Waals surface area contributed by atoms with Crippen molar-refractivity contribution in [1.82, 2.24) is 0 Å². The molecule has 4 aliphatic carbocycles. The molecule has 0 saturated heterocycles. The molecule has 0 amide bonds. The van der Waals surface area contributed by atoms with E-state index in [1.165, 1.54) is 12.1 Å². The summed E-state index contributed by atoms with van der Waals surface area (Å²) < 4.78 is 198.